The molecule has 1 unspecified atom stereocenters. The van der Waals surface area contributed by atoms with Crippen LogP contribution in [0.5, 0.6) is 0 Å². The summed E-state index contributed by atoms with van der Waals surface area (Å²) < 4.78 is 2.81. The van der Waals surface area contributed by atoms with Crippen LogP contribution < -0.4 is 5.73 Å². The van der Waals surface area contributed by atoms with Crippen molar-refractivity contribution in [3.63, 3.8) is 0 Å². The lowest BCUT2D eigenvalue weighted by Gasteiger charge is -2.09. The Balaban J connectivity index is 2.64. The van der Waals surface area contributed by atoms with Crippen LogP contribution in [-0.2, 0) is 0 Å². The molecule has 66 valence electrons. The molecule has 0 saturated carbocycles. The molecule has 0 aromatic carbocycles. The first kappa shape index (κ1) is 9.67. The molecule has 1 aromatic heterocycles. The number of rotatable bonds is 3. The molecule has 1 heterocycles. The van der Waals surface area contributed by atoms with E-state index in [4.69, 9.17) is 18.0 Å². The van der Waals surface area contributed by atoms with Crippen molar-refractivity contribution < 1.29 is 0 Å². The Bertz CT molecular complexity index is 284. The predicted molar refractivity (Wildman–Crippen MR) is 56.0 cm³/mol. The van der Waals surface area contributed by atoms with Gasteiger partial charge in [-0.3, -0.25) is 4.68 Å². The van der Waals surface area contributed by atoms with Gasteiger partial charge in [-0.15, -0.1) is 0 Å². The van der Waals surface area contributed by atoms with E-state index in [-0.39, 0.29) is 6.04 Å². The maximum atomic E-state index is 5.42. The zero-order valence-corrected chi connectivity index (χ0v) is 9.10. The van der Waals surface area contributed by atoms with Crippen LogP contribution >= 0.6 is 28.1 Å². The maximum absolute atomic E-state index is 5.42. The van der Waals surface area contributed by atoms with Crippen molar-refractivity contribution in [1.29, 1.82) is 0 Å². The van der Waals surface area contributed by atoms with Gasteiger partial charge in [0, 0.05) is 12.6 Å². The fraction of sp³-hybridized carbons (Fsp3) is 0.429. The first-order valence-electron chi connectivity index (χ1n) is 3.57. The SMILES string of the molecule is CC(CC(N)=S)n1cc(Br)cn1. The summed E-state index contributed by atoms with van der Waals surface area (Å²) in [7, 11) is 0. The molecule has 1 rings (SSSR count). The summed E-state index contributed by atoms with van der Waals surface area (Å²) in [6.07, 6.45) is 4.34. The van der Waals surface area contributed by atoms with Crippen LogP contribution in [0.25, 0.3) is 0 Å². The number of hydrogen-bond donors (Lipinski definition) is 1. The van der Waals surface area contributed by atoms with Gasteiger partial charge in [0.15, 0.2) is 0 Å². The monoisotopic (exact) mass is 247 g/mol. The van der Waals surface area contributed by atoms with Crippen LogP contribution in [0.3, 0.4) is 0 Å². The third-order valence-electron chi connectivity index (χ3n) is 1.52. The van der Waals surface area contributed by atoms with E-state index < -0.39 is 0 Å². The van der Waals surface area contributed by atoms with E-state index in [9.17, 15) is 0 Å². The second kappa shape index (κ2) is 4.00. The molecule has 12 heavy (non-hydrogen) atoms. The quantitative estimate of drug-likeness (QED) is 0.830. The van der Waals surface area contributed by atoms with Gasteiger partial charge in [-0.2, -0.15) is 5.10 Å². The van der Waals surface area contributed by atoms with Gasteiger partial charge in [-0.05, 0) is 22.9 Å². The minimum absolute atomic E-state index is 0.230. The molecule has 0 aliphatic rings. The molecule has 0 radical (unpaired) electrons. The van der Waals surface area contributed by atoms with E-state index in [1.54, 1.807) is 6.20 Å². The number of hydrogen-bond acceptors (Lipinski definition) is 2. The second-order valence-electron chi connectivity index (χ2n) is 2.66. The van der Waals surface area contributed by atoms with Crippen molar-refractivity contribution in [1.82, 2.24) is 9.78 Å². The molecule has 0 aliphatic heterocycles. The van der Waals surface area contributed by atoms with E-state index in [1.165, 1.54) is 0 Å². The lowest BCUT2D eigenvalue weighted by atomic mass is 10.2. The van der Waals surface area contributed by atoms with Crippen molar-refractivity contribution in [2.45, 2.75) is 19.4 Å². The van der Waals surface area contributed by atoms with Crippen molar-refractivity contribution in [3.05, 3.63) is 16.9 Å². The number of aromatic nitrogens is 2. The minimum atomic E-state index is 0.230. The molecule has 0 spiro atoms. The van der Waals surface area contributed by atoms with Gasteiger partial charge in [0.05, 0.1) is 21.7 Å². The molecule has 3 nitrogen and oxygen atoms in total. The van der Waals surface area contributed by atoms with Gasteiger partial charge in [-0.25, -0.2) is 0 Å². The summed E-state index contributed by atoms with van der Waals surface area (Å²) in [5.41, 5.74) is 5.42. The van der Waals surface area contributed by atoms with E-state index in [0.29, 0.717) is 11.4 Å². The summed E-state index contributed by atoms with van der Waals surface area (Å²) in [5, 5.41) is 4.12. The van der Waals surface area contributed by atoms with E-state index in [1.807, 2.05) is 17.8 Å². The summed E-state index contributed by atoms with van der Waals surface area (Å²) >= 11 is 8.12. The average Bonchev–Trinajstić information content (AvgIpc) is 2.34. The van der Waals surface area contributed by atoms with Gasteiger partial charge >= 0.3 is 0 Å². The Morgan fingerprint density at radius 1 is 1.92 bits per heavy atom. The highest BCUT2D eigenvalue weighted by Gasteiger charge is 2.06. The average molecular weight is 248 g/mol. The van der Waals surface area contributed by atoms with Crippen LogP contribution in [0.4, 0.5) is 0 Å². The number of nitrogens with zero attached hydrogens (tertiary/aromatic N) is 2. The molecule has 2 N–H and O–H groups in total. The van der Waals surface area contributed by atoms with Crippen LogP contribution in [0.1, 0.15) is 19.4 Å². The second-order valence-corrected chi connectivity index (χ2v) is 4.10. The highest BCUT2D eigenvalue weighted by atomic mass is 79.9. The topological polar surface area (TPSA) is 43.8 Å². The molecule has 0 saturated heterocycles. The van der Waals surface area contributed by atoms with Gasteiger partial charge in [0.2, 0.25) is 0 Å². The zero-order chi connectivity index (χ0) is 9.14. The summed E-state index contributed by atoms with van der Waals surface area (Å²) in [6, 6.07) is 0.230. The number of nitrogens with two attached hydrogens (primary N) is 1. The zero-order valence-electron chi connectivity index (χ0n) is 6.70. The van der Waals surface area contributed by atoms with Crippen LogP contribution in [0, 0.1) is 0 Å². The van der Waals surface area contributed by atoms with Crippen molar-refractivity contribution in [3.8, 4) is 0 Å². The number of halogens is 1. The molecule has 5 heteroatoms. The van der Waals surface area contributed by atoms with Crippen molar-refractivity contribution >= 4 is 33.1 Å². The van der Waals surface area contributed by atoms with Crippen LogP contribution in [-0.4, -0.2) is 14.8 Å². The fourth-order valence-electron chi connectivity index (χ4n) is 0.941. The van der Waals surface area contributed by atoms with Gasteiger partial charge < -0.3 is 5.73 Å². The Morgan fingerprint density at radius 3 is 3.00 bits per heavy atom. The number of thiocarbonyl (C=S) groups is 1. The van der Waals surface area contributed by atoms with Gasteiger partial charge in [0.25, 0.3) is 0 Å². The summed E-state index contributed by atoms with van der Waals surface area (Å²) in [6.45, 7) is 2.03. The third kappa shape index (κ3) is 2.57. The molecule has 1 aromatic rings. The van der Waals surface area contributed by atoms with E-state index >= 15 is 0 Å². The highest BCUT2D eigenvalue weighted by molar-refractivity contribution is 9.10. The van der Waals surface area contributed by atoms with E-state index in [2.05, 4.69) is 21.0 Å². The third-order valence-corrected chi connectivity index (χ3v) is 2.09. The Kier molecular flexibility index (Phi) is 3.22. The Morgan fingerprint density at radius 2 is 2.58 bits per heavy atom. The molecule has 0 bridgehead atoms. The smallest absolute Gasteiger partial charge is 0.0748 e. The van der Waals surface area contributed by atoms with E-state index in [0.717, 1.165) is 4.47 Å². The molecule has 0 amide bonds. The van der Waals surface area contributed by atoms with Crippen LogP contribution in [0.15, 0.2) is 16.9 Å². The minimum Gasteiger partial charge on any atom is -0.393 e. The molecule has 0 fully saturated rings. The largest absolute Gasteiger partial charge is 0.393 e. The lowest BCUT2D eigenvalue weighted by Crippen LogP contribution is -2.15. The Hall–Kier alpha value is -0.420. The van der Waals surface area contributed by atoms with Crippen molar-refractivity contribution in [2.24, 2.45) is 5.73 Å². The molecular weight excluding hydrogens is 238 g/mol. The fourth-order valence-corrected chi connectivity index (χ4v) is 1.48. The first-order chi connectivity index (χ1) is 5.59. The summed E-state index contributed by atoms with van der Waals surface area (Å²) in [4.78, 5) is 0.522. The summed E-state index contributed by atoms with van der Waals surface area (Å²) in [5.74, 6) is 0. The first-order valence-corrected chi connectivity index (χ1v) is 4.77. The van der Waals surface area contributed by atoms with Crippen molar-refractivity contribution in [2.75, 3.05) is 0 Å². The Labute approximate surface area is 85.1 Å². The van der Waals surface area contributed by atoms with Gasteiger partial charge in [0.1, 0.15) is 0 Å². The predicted octanol–water partition coefficient (Wildman–Crippen LogP) is 1.88. The molecular formula is C7H10BrN3S. The van der Waals surface area contributed by atoms with Crippen LogP contribution in [0.2, 0.25) is 0 Å². The van der Waals surface area contributed by atoms with Gasteiger partial charge in [-0.1, -0.05) is 12.2 Å². The molecule has 1 atom stereocenters. The molecule has 0 aliphatic carbocycles. The highest BCUT2D eigenvalue weighted by Crippen LogP contribution is 2.13. The normalized spacial score (nSPS) is 12.8. The lowest BCUT2D eigenvalue weighted by molar-refractivity contribution is 0.507. The standard InChI is InChI=1S/C7H10BrN3S/c1-5(2-7(9)12)11-4-6(8)3-10-11/h3-5H,2H2,1H3,(H2,9,12). The maximum Gasteiger partial charge on any atom is 0.0748 e.